The van der Waals surface area contributed by atoms with Crippen LogP contribution in [0.5, 0.6) is 0 Å². The molecule has 2 rings (SSSR count). The standard InChI is InChI=1S/C13H23N5/c1-11(2)9-17(3)12-8-13(16-10-15-12)18-6-4-14-5-7-18/h8,10-11,14H,4-7,9H2,1-3H3. The van der Waals surface area contributed by atoms with Crippen molar-refractivity contribution in [2.24, 2.45) is 5.92 Å². The molecule has 0 amide bonds. The first-order chi connectivity index (χ1) is 8.66. The monoisotopic (exact) mass is 249 g/mol. The van der Waals surface area contributed by atoms with Gasteiger partial charge in [0.2, 0.25) is 0 Å². The Bertz CT molecular complexity index is 373. The third kappa shape index (κ3) is 3.32. The SMILES string of the molecule is CC(C)CN(C)c1cc(N2CCNCC2)ncn1. The summed E-state index contributed by atoms with van der Waals surface area (Å²) in [6.45, 7) is 9.54. The fourth-order valence-electron chi connectivity index (χ4n) is 2.25. The Morgan fingerprint density at radius 1 is 1.33 bits per heavy atom. The van der Waals surface area contributed by atoms with Crippen molar-refractivity contribution in [1.29, 1.82) is 0 Å². The summed E-state index contributed by atoms with van der Waals surface area (Å²) in [4.78, 5) is 13.2. The number of nitrogens with zero attached hydrogens (tertiary/aromatic N) is 4. The van der Waals surface area contributed by atoms with Crippen molar-refractivity contribution in [2.45, 2.75) is 13.8 Å². The molecule has 100 valence electrons. The fourth-order valence-corrected chi connectivity index (χ4v) is 2.25. The number of piperazine rings is 1. The maximum Gasteiger partial charge on any atom is 0.134 e. The van der Waals surface area contributed by atoms with Gasteiger partial charge in [-0.3, -0.25) is 0 Å². The lowest BCUT2D eigenvalue weighted by molar-refractivity contribution is 0.584. The second-order valence-electron chi connectivity index (χ2n) is 5.25. The number of hydrogen-bond acceptors (Lipinski definition) is 5. The molecule has 1 N–H and O–H groups in total. The minimum atomic E-state index is 0.632. The van der Waals surface area contributed by atoms with Gasteiger partial charge in [-0.2, -0.15) is 0 Å². The van der Waals surface area contributed by atoms with Crippen LogP contribution in [0.2, 0.25) is 0 Å². The molecule has 1 aromatic rings. The Morgan fingerprint density at radius 3 is 2.72 bits per heavy atom. The van der Waals surface area contributed by atoms with Crippen molar-refractivity contribution in [3.8, 4) is 0 Å². The van der Waals surface area contributed by atoms with Crippen LogP contribution in [-0.2, 0) is 0 Å². The normalized spacial score (nSPS) is 16.1. The molecule has 1 aliphatic heterocycles. The van der Waals surface area contributed by atoms with E-state index in [1.165, 1.54) is 0 Å². The van der Waals surface area contributed by atoms with E-state index in [1.54, 1.807) is 6.33 Å². The smallest absolute Gasteiger partial charge is 0.134 e. The van der Waals surface area contributed by atoms with Gasteiger partial charge in [-0.15, -0.1) is 0 Å². The molecule has 5 nitrogen and oxygen atoms in total. The second-order valence-corrected chi connectivity index (χ2v) is 5.25. The zero-order valence-corrected chi connectivity index (χ0v) is 11.6. The van der Waals surface area contributed by atoms with Crippen LogP contribution in [0, 0.1) is 5.92 Å². The summed E-state index contributed by atoms with van der Waals surface area (Å²) in [5, 5.41) is 3.35. The molecule has 0 bridgehead atoms. The van der Waals surface area contributed by atoms with Gasteiger partial charge in [0.15, 0.2) is 0 Å². The molecule has 1 aliphatic rings. The van der Waals surface area contributed by atoms with Crippen LogP contribution >= 0.6 is 0 Å². The van der Waals surface area contributed by atoms with Gasteiger partial charge < -0.3 is 15.1 Å². The van der Waals surface area contributed by atoms with E-state index in [0.717, 1.165) is 44.4 Å². The van der Waals surface area contributed by atoms with Crippen molar-refractivity contribution >= 4 is 11.6 Å². The lowest BCUT2D eigenvalue weighted by atomic mass is 10.2. The van der Waals surface area contributed by atoms with E-state index in [9.17, 15) is 0 Å². The molecule has 2 heterocycles. The highest BCUT2D eigenvalue weighted by molar-refractivity contribution is 5.50. The Balaban J connectivity index is 2.08. The summed E-state index contributed by atoms with van der Waals surface area (Å²) in [5.41, 5.74) is 0. The van der Waals surface area contributed by atoms with E-state index in [1.807, 2.05) is 0 Å². The molecule has 0 unspecified atom stereocenters. The van der Waals surface area contributed by atoms with E-state index in [-0.39, 0.29) is 0 Å². The van der Waals surface area contributed by atoms with Crippen molar-refractivity contribution in [1.82, 2.24) is 15.3 Å². The summed E-state index contributed by atoms with van der Waals surface area (Å²) >= 11 is 0. The molecule has 0 atom stereocenters. The van der Waals surface area contributed by atoms with Crippen LogP contribution < -0.4 is 15.1 Å². The van der Waals surface area contributed by atoms with E-state index in [0.29, 0.717) is 5.92 Å². The maximum atomic E-state index is 4.38. The van der Waals surface area contributed by atoms with E-state index >= 15 is 0 Å². The molecule has 0 radical (unpaired) electrons. The van der Waals surface area contributed by atoms with Gasteiger partial charge in [0, 0.05) is 45.8 Å². The predicted molar refractivity (Wildman–Crippen MR) is 75.2 cm³/mol. The van der Waals surface area contributed by atoms with Gasteiger partial charge in [0.25, 0.3) is 0 Å². The first-order valence-corrected chi connectivity index (χ1v) is 6.65. The number of aromatic nitrogens is 2. The highest BCUT2D eigenvalue weighted by Gasteiger charge is 2.13. The molecule has 0 aromatic carbocycles. The average Bonchev–Trinajstić information content (AvgIpc) is 2.39. The van der Waals surface area contributed by atoms with E-state index in [2.05, 4.69) is 52.0 Å². The number of hydrogen-bond donors (Lipinski definition) is 1. The van der Waals surface area contributed by atoms with Crippen LogP contribution in [0.4, 0.5) is 11.6 Å². The second kappa shape index (κ2) is 6.00. The summed E-state index contributed by atoms with van der Waals surface area (Å²) < 4.78 is 0. The van der Waals surface area contributed by atoms with Crippen molar-refractivity contribution in [3.05, 3.63) is 12.4 Å². The highest BCUT2D eigenvalue weighted by atomic mass is 15.2. The average molecular weight is 249 g/mol. The topological polar surface area (TPSA) is 44.3 Å². The Morgan fingerprint density at radius 2 is 2.06 bits per heavy atom. The molecule has 0 spiro atoms. The fraction of sp³-hybridized carbons (Fsp3) is 0.692. The van der Waals surface area contributed by atoms with Gasteiger partial charge in [-0.1, -0.05) is 13.8 Å². The quantitative estimate of drug-likeness (QED) is 0.861. The molecule has 0 aliphatic carbocycles. The van der Waals surface area contributed by atoms with Crippen molar-refractivity contribution in [3.63, 3.8) is 0 Å². The number of anilines is 2. The lowest BCUT2D eigenvalue weighted by Gasteiger charge is -2.29. The molecule has 1 saturated heterocycles. The van der Waals surface area contributed by atoms with E-state index < -0.39 is 0 Å². The summed E-state index contributed by atoms with van der Waals surface area (Å²) in [7, 11) is 2.09. The maximum absolute atomic E-state index is 4.38. The van der Waals surface area contributed by atoms with Crippen LogP contribution in [0.1, 0.15) is 13.8 Å². The number of rotatable bonds is 4. The molecule has 5 heteroatoms. The minimum Gasteiger partial charge on any atom is -0.359 e. The first-order valence-electron chi connectivity index (χ1n) is 6.65. The number of nitrogens with one attached hydrogen (secondary N) is 1. The van der Waals surface area contributed by atoms with Crippen LogP contribution in [-0.4, -0.2) is 49.7 Å². The molecule has 0 saturated carbocycles. The third-order valence-corrected chi connectivity index (χ3v) is 3.11. The van der Waals surface area contributed by atoms with E-state index in [4.69, 9.17) is 0 Å². The molecular formula is C13H23N5. The zero-order chi connectivity index (χ0) is 13.0. The molecular weight excluding hydrogens is 226 g/mol. The predicted octanol–water partition coefficient (Wildman–Crippen LogP) is 0.978. The van der Waals surface area contributed by atoms with Gasteiger partial charge in [-0.25, -0.2) is 9.97 Å². The van der Waals surface area contributed by atoms with Gasteiger partial charge in [0.05, 0.1) is 0 Å². The Hall–Kier alpha value is -1.36. The Labute approximate surface area is 109 Å². The van der Waals surface area contributed by atoms with Crippen LogP contribution in [0.3, 0.4) is 0 Å². The van der Waals surface area contributed by atoms with Gasteiger partial charge in [0.1, 0.15) is 18.0 Å². The molecule has 18 heavy (non-hydrogen) atoms. The van der Waals surface area contributed by atoms with Crippen molar-refractivity contribution < 1.29 is 0 Å². The van der Waals surface area contributed by atoms with Gasteiger partial charge in [-0.05, 0) is 5.92 Å². The zero-order valence-electron chi connectivity index (χ0n) is 11.6. The first kappa shape index (κ1) is 13.1. The lowest BCUT2D eigenvalue weighted by Crippen LogP contribution is -2.44. The summed E-state index contributed by atoms with van der Waals surface area (Å²) in [5.74, 6) is 2.68. The summed E-state index contributed by atoms with van der Waals surface area (Å²) in [6, 6.07) is 2.09. The molecule has 1 aromatic heterocycles. The third-order valence-electron chi connectivity index (χ3n) is 3.11. The van der Waals surface area contributed by atoms with Crippen LogP contribution in [0.15, 0.2) is 12.4 Å². The summed E-state index contributed by atoms with van der Waals surface area (Å²) in [6.07, 6.45) is 1.67. The van der Waals surface area contributed by atoms with Crippen LogP contribution in [0.25, 0.3) is 0 Å². The van der Waals surface area contributed by atoms with Crippen molar-refractivity contribution in [2.75, 3.05) is 49.6 Å². The van der Waals surface area contributed by atoms with Gasteiger partial charge >= 0.3 is 0 Å². The molecule has 1 fully saturated rings. The highest BCUT2D eigenvalue weighted by Crippen LogP contribution is 2.17. The largest absolute Gasteiger partial charge is 0.359 e. The minimum absolute atomic E-state index is 0.632. The Kier molecular flexibility index (Phi) is 4.36.